The van der Waals surface area contributed by atoms with Gasteiger partial charge in [-0.05, 0) is 24.3 Å². The van der Waals surface area contributed by atoms with Crippen LogP contribution >= 0.6 is 0 Å². The first-order chi connectivity index (χ1) is 13.5. The van der Waals surface area contributed by atoms with Crippen molar-refractivity contribution < 1.29 is 31.5 Å². The van der Waals surface area contributed by atoms with E-state index in [1.54, 1.807) is 18.3 Å². The van der Waals surface area contributed by atoms with Crippen molar-refractivity contribution in [1.82, 2.24) is 13.9 Å². The maximum Gasteiger partial charge on any atom is 0.490 e. The molecule has 0 fully saturated rings. The summed E-state index contributed by atoms with van der Waals surface area (Å²) in [5, 5.41) is 7.12. The fourth-order valence-corrected chi connectivity index (χ4v) is 3.54. The highest BCUT2D eigenvalue weighted by atomic mass is 32.2. The second kappa shape index (κ2) is 10.3. The van der Waals surface area contributed by atoms with Crippen molar-refractivity contribution >= 4 is 21.9 Å². The molecule has 2 rings (SSSR count). The van der Waals surface area contributed by atoms with Gasteiger partial charge in [0.25, 0.3) is 0 Å². The molecule has 0 atom stereocenters. The van der Waals surface area contributed by atoms with E-state index in [1.165, 1.54) is 4.31 Å². The molecule has 2 N–H and O–H groups in total. The molecule has 0 amide bonds. The van der Waals surface area contributed by atoms with E-state index in [2.05, 4.69) is 9.71 Å². The molecule has 162 valence electrons. The SMILES string of the molecule is CCc1nccn1-c1ccc(NS(=O)(=O)N(CC)CC)cc1.O=C(O)C(F)(F)F. The van der Waals surface area contributed by atoms with E-state index < -0.39 is 22.4 Å². The van der Waals surface area contributed by atoms with E-state index in [9.17, 15) is 21.6 Å². The van der Waals surface area contributed by atoms with E-state index in [0.29, 0.717) is 18.8 Å². The smallest absolute Gasteiger partial charge is 0.475 e. The third-order valence-corrected chi connectivity index (χ3v) is 5.40. The summed E-state index contributed by atoms with van der Waals surface area (Å²) in [4.78, 5) is 13.2. The van der Waals surface area contributed by atoms with Crippen LogP contribution in [0.25, 0.3) is 5.69 Å². The Hall–Kier alpha value is -2.60. The maximum atomic E-state index is 12.2. The Bertz CT molecular complexity index is 892. The van der Waals surface area contributed by atoms with Crippen molar-refractivity contribution in [2.75, 3.05) is 17.8 Å². The highest BCUT2D eigenvalue weighted by molar-refractivity contribution is 7.90. The van der Waals surface area contributed by atoms with Gasteiger partial charge in [0.15, 0.2) is 0 Å². The van der Waals surface area contributed by atoms with Crippen LogP contribution in [-0.2, 0) is 21.4 Å². The largest absolute Gasteiger partial charge is 0.490 e. The zero-order valence-electron chi connectivity index (χ0n) is 16.1. The average Bonchev–Trinajstić information content (AvgIpc) is 3.11. The second-order valence-electron chi connectivity index (χ2n) is 5.61. The Morgan fingerprint density at radius 3 is 2.10 bits per heavy atom. The zero-order chi connectivity index (χ0) is 22.2. The Kier molecular flexibility index (Phi) is 8.64. The zero-order valence-corrected chi connectivity index (χ0v) is 17.0. The molecule has 0 aliphatic carbocycles. The molecule has 0 bridgehead atoms. The molecule has 8 nitrogen and oxygen atoms in total. The van der Waals surface area contributed by atoms with Crippen molar-refractivity contribution in [2.24, 2.45) is 0 Å². The van der Waals surface area contributed by atoms with Gasteiger partial charge in [-0.25, -0.2) is 9.78 Å². The molecule has 0 spiro atoms. The van der Waals surface area contributed by atoms with Crippen LogP contribution in [0.2, 0.25) is 0 Å². The lowest BCUT2D eigenvalue weighted by atomic mass is 10.3. The number of hydrogen-bond acceptors (Lipinski definition) is 4. The number of carboxylic acids is 1. The number of aryl methyl sites for hydroxylation is 1. The summed E-state index contributed by atoms with van der Waals surface area (Å²) in [5.74, 6) is -1.79. The molecule has 0 saturated carbocycles. The molecule has 0 aliphatic heterocycles. The standard InChI is InChI=1S/C15H22N4O2S.C2HF3O2/c1-4-15-16-11-12-19(15)14-9-7-13(8-10-14)17-22(20,21)18(5-2)6-3;3-2(4,5)1(6)7/h7-12,17H,4-6H2,1-3H3;(H,6,7). The Morgan fingerprint density at radius 2 is 1.69 bits per heavy atom. The molecular formula is C17H23F3N4O4S. The Balaban J connectivity index is 0.000000516. The first-order valence-electron chi connectivity index (χ1n) is 8.66. The molecule has 1 heterocycles. The van der Waals surface area contributed by atoms with Gasteiger partial charge in [0, 0.05) is 43.3 Å². The van der Waals surface area contributed by atoms with Crippen molar-refractivity contribution in [1.29, 1.82) is 0 Å². The van der Waals surface area contributed by atoms with Gasteiger partial charge in [-0.1, -0.05) is 20.8 Å². The fraction of sp³-hybridized carbons (Fsp3) is 0.412. The molecule has 29 heavy (non-hydrogen) atoms. The molecule has 0 saturated heterocycles. The molecule has 0 aliphatic rings. The summed E-state index contributed by atoms with van der Waals surface area (Å²) in [6.45, 7) is 6.57. The first kappa shape index (κ1) is 24.4. The van der Waals surface area contributed by atoms with Gasteiger partial charge in [0.2, 0.25) is 0 Å². The number of alkyl halides is 3. The van der Waals surface area contributed by atoms with E-state index in [0.717, 1.165) is 17.9 Å². The van der Waals surface area contributed by atoms with Crippen LogP contribution in [0.4, 0.5) is 18.9 Å². The Labute approximate surface area is 167 Å². The number of nitrogens with one attached hydrogen (secondary N) is 1. The quantitative estimate of drug-likeness (QED) is 0.694. The van der Waals surface area contributed by atoms with Gasteiger partial charge >= 0.3 is 22.4 Å². The summed E-state index contributed by atoms with van der Waals surface area (Å²) in [6, 6.07) is 7.27. The average molecular weight is 436 g/mol. The van der Waals surface area contributed by atoms with Crippen molar-refractivity contribution in [2.45, 2.75) is 33.4 Å². The number of benzene rings is 1. The second-order valence-corrected chi connectivity index (χ2v) is 7.28. The van der Waals surface area contributed by atoms with Crippen LogP contribution in [-0.4, -0.2) is 52.6 Å². The van der Waals surface area contributed by atoms with Crippen LogP contribution in [0.15, 0.2) is 36.7 Å². The summed E-state index contributed by atoms with van der Waals surface area (Å²) < 4.78 is 62.1. The number of carbonyl (C=O) groups is 1. The molecule has 1 aromatic heterocycles. The van der Waals surface area contributed by atoms with Crippen LogP contribution in [0, 0.1) is 0 Å². The number of carboxylic acid groups (broad SMARTS) is 1. The van der Waals surface area contributed by atoms with Gasteiger partial charge in [-0.15, -0.1) is 0 Å². The van der Waals surface area contributed by atoms with Crippen molar-refractivity contribution in [3.63, 3.8) is 0 Å². The molecule has 0 radical (unpaired) electrons. The number of aliphatic carboxylic acids is 1. The lowest BCUT2D eigenvalue weighted by Crippen LogP contribution is -2.35. The van der Waals surface area contributed by atoms with Crippen molar-refractivity contribution in [3.05, 3.63) is 42.5 Å². The summed E-state index contributed by atoms with van der Waals surface area (Å²) in [6.07, 6.45) is -0.590. The van der Waals surface area contributed by atoms with Crippen LogP contribution < -0.4 is 4.72 Å². The number of hydrogen-bond donors (Lipinski definition) is 2. The summed E-state index contributed by atoms with van der Waals surface area (Å²) >= 11 is 0. The minimum atomic E-state index is -5.08. The third-order valence-electron chi connectivity index (χ3n) is 3.71. The normalized spacial score (nSPS) is 11.7. The van der Waals surface area contributed by atoms with E-state index in [1.807, 2.05) is 43.7 Å². The lowest BCUT2D eigenvalue weighted by Gasteiger charge is -2.19. The minimum Gasteiger partial charge on any atom is -0.475 e. The van der Waals surface area contributed by atoms with Gasteiger partial charge in [0.1, 0.15) is 5.82 Å². The van der Waals surface area contributed by atoms with E-state index >= 15 is 0 Å². The third kappa shape index (κ3) is 7.06. The first-order valence-corrected chi connectivity index (χ1v) is 10.1. The van der Waals surface area contributed by atoms with Gasteiger partial charge in [-0.2, -0.15) is 25.9 Å². The summed E-state index contributed by atoms with van der Waals surface area (Å²) in [7, 11) is -3.49. The van der Waals surface area contributed by atoms with Crippen LogP contribution in [0.1, 0.15) is 26.6 Å². The number of rotatable bonds is 7. The minimum absolute atomic E-state index is 0.443. The number of nitrogens with zero attached hydrogens (tertiary/aromatic N) is 3. The monoisotopic (exact) mass is 436 g/mol. The van der Waals surface area contributed by atoms with Gasteiger partial charge in [-0.3, -0.25) is 4.72 Å². The van der Waals surface area contributed by atoms with Crippen molar-refractivity contribution in [3.8, 4) is 5.69 Å². The molecular weight excluding hydrogens is 413 g/mol. The number of aromatic nitrogens is 2. The highest BCUT2D eigenvalue weighted by Crippen LogP contribution is 2.17. The number of anilines is 1. The van der Waals surface area contributed by atoms with Crippen LogP contribution in [0.5, 0.6) is 0 Å². The number of imidazole rings is 1. The topological polar surface area (TPSA) is 105 Å². The van der Waals surface area contributed by atoms with Crippen LogP contribution in [0.3, 0.4) is 0 Å². The molecule has 12 heteroatoms. The number of halogens is 3. The van der Waals surface area contributed by atoms with E-state index in [-0.39, 0.29) is 0 Å². The summed E-state index contributed by atoms with van der Waals surface area (Å²) in [5.41, 5.74) is 1.51. The van der Waals surface area contributed by atoms with E-state index in [4.69, 9.17) is 9.90 Å². The lowest BCUT2D eigenvalue weighted by molar-refractivity contribution is -0.192. The fourth-order valence-electron chi connectivity index (χ4n) is 2.30. The maximum absolute atomic E-state index is 12.2. The predicted octanol–water partition coefficient (Wildman–Crippen LogP) is 3.07. The molecule has 1 aromatic carbocycles. The Morgan fingerprint density at radius 1 is 1.17 bits per heavy atom. The molecule has 2 aromatic rings. The van der Waals surface area contributed by atoms with Gasteiger partial charge < -0.3 is 9.67 Å². The highest BCUT2D eigenvalue weighted by Gasteiger charge is 2.38. The van der Waals surface area contributed by atoms with Gasteiger partial charge in [0.05, 0.1) is 0 Å². The molecule has 0 unspecified atom stereocenters. The predicted molar refractivity (Wildman–Crippen MR) is 102 cm³/mol.